The van der Waals surface area contributed by atoms with Gasteiger partial charge in [-0.25, -0.2) is 4.79 Å². The van der Waals surface area contributed by atoms with Gasteiger partial charge in [-0.1, -0.05) is 0 Å². The largest absolute Gasteiger partial charge is 0.417 e. The van der Waals surface area contributed by atoms with E-state index in [4.69, 9.17) is 4.42 Å². The van der Waals surface area contributed by atoms with Gasteiger partial charge in [0.15, 0.2) is 5.58 Å². The molecule has 0 atom stereocenters. The number of oxazole rings is 1. The Balaban J connectivity index is 1.89. The number of nitrogens with zero attached hydrogens (tertiary/aromatic N) is 1. The molecule has 0 fully saturated rings. The van der Waals surface area contributed by atoms with Crippen LogP contribution >= 0.6 is 0 Å². The maximum absolute atomic E-state index is 11.9. The number of benzene rings is 1. The van der Waals surface area contributed by atoms with Gasteiger partial charge in [0, 0.05) is 24.1 Å². The molecule has 19 heavy (non-hydrogen) atoms. The highest BCUT2D eigenvalue weighted by molar-refractivity contribution is 6.04. The molecular formula is C13H9N3O3. The molecule has 0 radical (unpaired) electrons. The maximum Gasteiger partial charge on any atom is 0.417 e. The van der Waals surface area contributed by atoms with Crippen molar-refractivity contribution in [2.45, 2.75) is 0 Å². The van der Waals surface area contributed by atoms with Crippen LogP contribution in [-0.4, -0.2) is 15.9 Å². The fourth-order valence-corrected chi connectivity index (χ4v) is 1.72. The molecule has 0 aliphatic carbocycles. The molecule has 0 bridgehead atoms. The number of pyridine rings is 1. The van der Waals surface area contributed by atoms with Crippen molar-refractivity contribution >= 4 is 22.7 Å². The second kappa shape index (κ2) is 4.41. The number of carbonyl (C=O) groups is 1. The minimum absolute atomic E-state index is 0.273. The number of amides is 1. The van der Waals surface area contributed by atoms with Gasteiger partial charge in [-0.3, -0.25) is 14.8 Å². The van der Waals surface area contributed by atoms with Gasteiger partial charge < -0.3 is 9.73 Å². The van der Waals surface area contributed by atoms with E-state index in [0.717, 1.165) is 0 Å². The van der Waals surface area contributed by atoms with Gasteiger partial charge in [0.2, 0.25) is 0 Å². The summed E-state index contributed by atoms with van der Waals surface area (Å²) < 4.78 is 4.92. The summed E-state index contributed by atoms with van der Waals surface area (Å²) >= 11 is 0. The minimum Gasteiger partial charge on any atom is -0.408 e. The van der Waals surface area contributed by atoms with Crippen LogP contribution in [0.3, 0.4) is 0 Å². The summed E-state index contributed by atoms with van der Waals surface area (Å²) in [5.41, 5.74) is 1.99. The highest BCUT2D eigenvalue weighted by Gasteiger charge is 2.07. The number of anilines is 1. The number of carbonyl (C=O) groups excluding carboxylic acids is 1. The second-order valence-corrected chi connectivity index (χ2v) is 3.92. The van der Waals surface area contributed by atoms with Crippen LogP contribution in [0.1, 0.15) is 10.4 Å². The first-order chi connectivity index (χ1) is 9.22. The van der Waals surface area contributed by atoms with Crippen LogP contribution in [0.4, 0.5) is 5.69 Å². The van der Waals surface area contributed by atoms with E-state index < -0.39 is 5.76 Å². The van der Waals surface area contributed by atoms with E-state index in [0.29, 0.717) is 22.4 Å². The van der Waals surface area contributed by atoms with Gasteiger partial charge in [0.25, 0.3) is 5.91 Å². The zero-order valence-electron chi connectivity index (χ0n) is 9.71. The Kier molecular flexibility index (Phi) is 2.60. The Morgan fingerprint density at radius 2 is 2.21 bits per heavy atom. The first kappa shape index (κ1) is 11.2. The first-order valence-electron chi connectivity index (χ1n) is 5.56. The third-order valence-corrected chi connectivity index (χ3v) is 2.60. The molecule has 0 unspecified atom stereocenters. The quantitative estimate of drug-likeness (QED) is 0.730. The predicted molar refractivity (Wildman–Crippen MR) is 69.0 cm³/mol. The summed E-state index contributed by atoms with van der Waals surface area (Å²) in [6, 6.07) is 8.28. The average Bonchev–Trinajstić information content (AvgIpc) is 2.79. The summed E-state index contributed by atoms with van der Waals surface area (Å²) in [4.78, 5) is 29.3. The van der Waals surface area contributed by atoms with Gasteiger partial charge >= 0.3 is 5.76 Å². The van der Waals surface area contributed by atoms with Crippen molar-refractivity contribution < 1.29 is 9.21 Å². The molecule has 2 aromatic heterocycles. The third kappa shape index (κ3) is 2.23. The highest BCUT2D eigenvalue weighted by atomic mass is 16.4. The van der Waals surface area contributed by atoms with Crippen molar-refractivity contribution in [2.24, 2.45) is 0 Å². The number of nitrogens with one attached hydrogen (secondary N) is 2. The maximum atomic E-state index is 11.9. The van der Waals surface area contributed by atoms with Gasteiger partial charge in [-0.05, 0) is 24.3 Å². The molecule has 94 valence electrons. The number of hydrogen-bond acceptors (Lipinski definition) is 4. The van der Waals surface area contributed by atoms with Crippen molar-refractivity contribution in [3.63, 3.8) is 0 Å². The molecule has 0 aliphatic heterocycles. The molecule has 2 heterocycles. The molecular weight excluding hydrogens is 246 g/mol. The first-order valence-corrected chi connectivity index (χ1v) is 5.56. The number of aromatic nitrogens is 2. The summed E-state index contributed by atoms with van der Waals surface area (Å²) in [7, 11) is 0. The Hall–Kier alpha value is -2.89. The van der Waals surface area contributed by atoms with Crippen LogP contribution in [0.5, 0.6) is 0 Å². The average molecular weight is 255 g/mol. The number of aromatic amines is 1. The molecule has 1 amide bonds. The number of fused-ring (bicyclic) bond motifs is 1. The lowest BCUT2D eigenvalue weighted by Gasteiger charge is -2.04. The monoisotopic (exact) mass is 255 g/mol. The molecule has 2 N–H and O–H groups in total. The SMILES string of the molecule is O=C(Nc1ccc2[nH]c(=O)oc2c1)c1cccnc1. The van der Waals surface area contributed by atoms with E-state index >= 15 is 0 Å². The van der Waals surface area contributed by atoms with Crippen LogP contribution in [0.15, 0.2) is 51.9 Å². The number of H-pyrrole nitrogens is 1. The predicted octanol–water partition coefficient (Wildman–Crippen LogP) is 1.77. The van der Waals surface area contributed by atoms with Crippen LogP contribution in [0, 0.1) is 0 Å². The summed E-state index contributed by atoms with van der Waals surface area (Å²) in [5.74, 6) is -0.795. The van der Waals surface area contributed by atoms with Crippen molar-refractivity contribution in [1.82, 2.24) is 9.97 Å². The van der Waals surface area contributed by atoms with E-state index in [1.54, 1.807) is 36.5 Å². The lowest BCUT2D eigenvalue weighted by atomic mass is 10.2. The Bertz CT molecular complexity index is 790. The van der Waals surface area contributed by atoms with E-state index in [-0.39, 0.29) is 5.91 Å². The second-order valence-electron chi connectivity index (χ2n) is 3.92. The zero-order valence-corrected chi connectivity index (χ0v) is 9.71. The molecule has 0 spiro atoms. The van der Waals surface area contributed by atoms with Crippen molar-refractivity contribution in [1.29, 1.82) is 0 Å². The lowest BCUT2D eigenvalue weighted by molar-refractivity contribution is 0.102. The topological polar surface area (TPSA) is 88.0 Å². The Morgan fingerprint density at radius 3 is 3.00 bits per heavy atom. The van der Waals surface area contributed by atoms with E-state index in [2.05, 4.69) is 15.3 Å². The van der Waals surface area contributed by atoms with Crippen LogP contribution in [0.25, 0.3) is 11.1 Å². The summed E-state index contributed by atoms with van der Waals surface area (Å²) in [6.45, 7) is 0. The van der Waals surface area contributed by atoms with Gasteiger partial charge in [-0.2, -0.15) is 0 Å². The standard InChI is InChI=1S/C13H9N3O3/c17-12(8-2-1-5-14-7-8)15-9-3-4-10-11(6-9)19-13(18)16-10/h1-7H,(H,15,17)(H,16,18). The summed E-state index contributed by atoms with van der Waals surface area (Å²) in [5, 5.41) is 2.70. The van der Waals surface area contributed by atoms with Crippen molar-refractivity contribution in [3.05, 3.63) is 58.8 Å². The normalized spacial score (nSPS) is 10.5. The van der Waals surface area contributed by atoms with Crippen LogP contribution in [-0.2, 0) is 0 Å². The van der Waals surface area contributed by atoms with Crippen molar-refractivity contribution in [2.75, 3.05) is 5.32 Å². The lowest BCUT2D eigenvalue weighted by Crippen LogP contribution is -2.11. The fraction of sp³-hybridized carbons (Fsp3) is 0. The van der Waals surface area contributed by atoms with E-state index in [1.165, 1.54) is 6.20 Å². The molecule has 3 aromatic rings. The van der Waals surface area contributed by atoms with Gasteiger partial charge in [0.1, 0.15) is 0 Å². The third-order valence-electron chi connectivity index (χ3n) is 2.60. The smallest absolute Gasteiger partial charge is 0.408 e. The number of rotatable bonds is 2. The highest BCUT2D eigenvalue weighted by Crippen LogP contribution is 2.16. The van der Waals surface area contributed by atoms with Crippen LogP contribution in [0.2, 0.25) is 0 Å². The molecule has 0 saturated carbocycles. The van der Waals surface area contributed by atoms with E-state index in [9.17, 15) is 9.59 Å². The number of hydrogen-bond donors (Lipinski definition) is 2. The minimum atomic E-state index is -0.522. The van der Waals surface area contributed by atoms with Crippen LogP contribution < -0.4 is 11.1 Å². The molecule has 6 heteroatoms. The molecule has 0 saturated heterocycles. The molecule has 0 aliphatic rings. The van der Waals surface area contributed by atoms with Crippen molar-refractivity contribution in [3.8, 4) is 0 Å². The Morgan fingerprint density at radius 1 is 1.32 bits per heavy atom. The fourth-order valence-electron chi connectivity index (χ4n) is 1.72. The summed E-state index contributed by atoms with van der Waals surface area (Å²) in [6.07, 6.45) is 3.07. The molecule has 1 aromatic carbocycles. The Labute approximate surface area is 107 Å². The van der Waals surface area contributed by atoms with Gasteiger partial charge in [0.05, 0.1) is 11.1 Å². The molecule has 3 rings (SSSR count). The van der Waals surface area contributed by atoms with Gasteiger partial charge in [-0.15, -0.1) is 0 Å². The zero-order chi connectivity index (χ0) is 13.2. The molecule has 6 nitrogen and oxygen atoms in total. The van der Waals surface area contributed by atoms with E-state index in [1.807, 2.05) is 0 Å².